The van der Waals surface area contributed by atoms with Crippen molar-refractivity contribution in [2.45, 2.75) is 129 Å². The molecule has 0 aliphatic heterocycles. The van der Waals surface area contributed by atoms with E-state index in [1.54, 1.807) is 24.3 Å². The third-order valence-electron chi connectivity index (χ3n) is 9.45. The Morgan fingerprint density at radius 3 is 1.84 bits per heavy atom. The normalized spacial score (nSPS) is 24.3. The highest BCUT2D eigenvalue weighted by molar-refractivity contribution is 5.31. The Labute approximate surface area is 230 Å². The van der Waals surface area contributed by atoms with Gasteiger partial charge >= 0.3 is 6.11 Å². The van der Waals surface area contributed by atoms with Crippen LogP contribution in [0.3, 0.4) is 0 Å². The van der Waals surface area contributed by atoms with Gasteiger partial charge in [0.2, 0.25) is 0 Å². The first-order chi connectivity index (χ1) is 18.5. The summed E-state index contributed by atoms with van der Waals surface area (Å²) in [6, 6.07) is 14.2. The van der Waals surface area contributed by atoms with Crippen LogP contribution >= 0.6 is 0 Å². The van der Waals surface area contributed by atoms with Crippen molar-refractivity contribution in [2.75, 3.05) is 0 Å². The fraction of sp³-hybridized carbons (Fsp3) is 0.657. The number of hydrogen-bond donors (Lipinski definition) is 0. The summed E-state index contributed by atoms with van der Waals surface area (Å²) in [7, 11) is 0. The predicted molar refractivity (Wildman–Crippen MR) is 155 cm³/mol. The SMILES string of the molecule is CCCCC[C@H]1CC[C@H](c2ccc(OC(F)(F)c3ccc(CC[C@H]4CC[C@H](CCC)CC4)cc3)cc2)CC1. The van der Waals surface area contributed by atoms with Crippen LogP contribution in [0, 0.1) is 17.8 Å². The summed E-state index contributed by atoms with van der Waals surface area (Å²) in [4.78, 5) is 0. The molecule has 2 aromatic rings. The molecule has 2 fully saturated rings. The quantitative estimate of drug-likeness (QED) is 0.237. The lowest BCUT2D eigenvalue weighted by atomic mass is 9.77. The second-order valence-corrected chi connectivity index (χ2v) is 12.3. The van der Waals surface area contributed by atoms with Crippen LogP contribution in [0.2, 0.25) is 0 Å². The first-order valence-electron chi connectivity index (χ1n) is 15.7. The molecule has 0 bridgehead atoms. The fourth-order valence-electron chi connectivity index (χ4n) is 6.94. The Morgan fingerprint density at radius 1 is 0.658 bits per heavy atom. The van der Waals surface area contributed by atoms with Gasteiger partial charge in [0.05, 0.1) is 5.56 Å². The van der Waals surface area contributed by atoms with Crippen molar-refractivity contribution < 1.29 is 13.5 Å². The van der Waals surface area contributed by atoms with Gasteiger partial charge in [-0.2, -0.15) is 8.78 Å². The first-order valence-corrected chi connectivity index (χ1v) is 15.7. The van der Waals surface area contributed by atoms with Crippen molar-refractivity contribution in [3.05, 3.63) is 65.2 Å². The Bertz CT molecular complexity index is 919. The molecule has 0 saturated heterocycles. The average molecular weight is 525 g/mol. The Balaban J connectivity index is 1.23. The van der Waals surface area contributed by atoms with E-state index in [1.165, 1.54) is 95.5 Å². The molecule has 2 aliphatic rings. The number of alkyl halides is 2. The summed E-state index contributed by atoms with van der Waals surface area (Å²) in [6.07, 6.45) is 17.2. The van der Waals surface area contributed by atoms with Gasteiger partial charge in [0.1, 0.15) is 5.75 Å². The lowest BCUT2D eigenvalue weighted by molar-refractivity contribution is -0.185. The molecule has 2 saturated carbocycles. The Morgan fingerprint density at radius 2 is 1.24 bits per heavy atom. The minimum atomic E-state index is -3.34. The topological polar surface area (TPSA) is 9.23 Å². The molecule has 4 rings (SSSR count). The van der Waals surface area contributed by atoms with Crippen molar-refractivity contribution in [1.82, 2.24) is 0 Å². The molecule has 0 amide bonds. The lowest BCUT2D eigenvalue weighted by Crippen LogP contribution is -2.22. The zero-order chi connectivity index (χ0) is 26.8. The van der Waals surface area contributed by atoms with E-state index in [2.05, 4.69) is 13.8 Å². The van der Waals surface area contributed by atoms with Crippen molar-refractivity contribution in [1.29, 1.82) is 0 Å². The monoisotopic (exact) mass is 524 g/mol. The van der Waals surface area contributed by atoms with Crippen molar-refractivity contribution in [3.63, 3.8) is 0 Å². The summed E-state index contributed by atoms with van der Waals surface area (Å²) in [6.45, 7) is 4.54. The van der Waals surface area contributed by atoms with E-state index >= 15 is 0 Å². The molecule has 0 unspecified atom stereocenters. The molecule has 0 radical (unpaired) electrons. The van der Waals surface area contributed by atoms with Gasteiger partial charge in [-0.05, 0) is 97.6 Å². The first kappa shape index (κ1) is 29.1. The van der Waals surface area contributed by atoms with Gasteiger partial charge in [-0.25, -0.2) is 0 Å². The number of ether oxygens (including phenoxy) is 1. The molecule has 2 aliphatic carbocycles. The van der Waals surface area contributed by atoms with Crippen LogP contribution in [0.1, 0.15) is 133 Å². The molecule has 210 valence electrons. The van der Waals surface area contributed by atoms with Gasteiger partial charge in [-0.1, -0.05) is 102 Å². The van der Waals surface area contributed by atoms with Gasteiger partial charge in [-0.15, -0.1) is 0 Å². The standard InChI is InChI=1S/C35H50F2O/c1-3-5-6-8-28-15-19-31(20-16-28)32-21-25-34(26-22-32)38-35(36,37)33-23-17-30(18-24-33)14-13-29-11-9-27(7-4-2)10-12-29/h17-18,21-29,31H,3-16,19-20H2,1-2H3/t27-,28-,29-,31-. The van der Waals surface area contributed by atoms with Crippen molar-refractivity contribution in [2.24, 2.45) is 17.8 Å². The summed E-state index contributed by atoms with van der Waals surface area (Å²) in [5.41, 5.74) is 2.33. The van der Waals surface area contributed by atoms with Crippen LogP contribution in [-0.4, -0.2) is 0 Å². The van der Waals surface area contributed by atoms with Gasteiger partial charge in [0, 0.05) is 0 Å². The van der Waals surface area contributed by atoms with Gasteiger partial charge in [0.15, 0.2) is 0 Å². The highest BCUT2D eigenvalue weighted by Gasteiger charge is 2.34. The van der Waals surface area contributed by atoms with Crippen LogP contribution in [0.25, 0.3) is 0 Å². The van der Waals surface area contributed by atoms with Crippen LogP contribution in [0.4, 0.5) is 8.78 Å². The molecule has 0 atom stereocenters. The molecule has 1 nitrogen and oxygen atoms in total. The van der Waals surface area contributed by atoms with E-state index in [9.17, 15) is 8.78 Å². The van der Waals surface area contributed by atoms with Crippen LogP contribution < -0.4 is 4.74 Å². The van der Waals surface area contributed by atoms with Crippen molar-refractivity contribution >= 4 is 0 Å². The average Bonchev–Trinajstić information content (AvgIpc) is 2.94. The summed E-state index contributed by atoms with van der Waals surface area (Å²) in [5, 5.41) is 0. The number of rotatable bonds is 13. The number of benzene rings is 2. The summed E-state index contributed by atoms with van der Waals surface area (Å²) < 4.78 is 35.1. The van der Waals surface area contributed by atoms with E-state index in [-0.39, 0.29) is 11.3 Å². The molecule has 0 N–H and O–H groups in total. The van der Waals surface area contributed by atoms with E-state index in [0.717, 1.165) is 36.2 Å². The Hall–Kier alpha value is -1.90. The highest BCUT2D eigenvalue weighted by atomic mass is 19.3. The minimum Gasteiger partial charge on any atom is -0.429 e. The highest BCUT2D eigenvalue weighted by Crippen LogP contribution is 2.39. The van der Waals surface area contributed by atoms with E-state index in [1.807, 2.05) is 24.3 Å². The molecule has 0 spiro atoms. The zero-order valence-electron chi connectivity index (χ0n) is 23.9. The second kappa shape index (κ2) is 14.5. The molecule has 3 heteroatoms. The molecular formula is C35H50F2O. The van der Waals surface area contributed by atoms with Crippen molar-refractivity contribution in [3.8, 4) is 5.75 Å². The number of hydrogen-bond acceptors (Lipinski definition) is 1. The maximum Gasteiger partial charge on any atom is 0.426 e. The second-order valence-electron chi connectivity index (χ2n) is 12.3. The largest absolute Gasteiger partial charge is 0.429 e. The maximum atomic E-state index is 15.0. The third-order valence-corrected chi connectivity index (χ3v) is 9.45. The molecule has 0 heterocycles. The number of unbranched alkanes of at least 4 members (excludes halogenated alkanes) is 2. The van der Waals surface area contributed by atoms with E-state index < -0.39 is 6.11 Å². The smallest absolute Gasteiger partial charge is 0.426 e. The summed E-state index contributed by atoms with van der Waals surface area (Å²) in [5.74, 6) is 3.36. The fourth-order valence-corrected chi connectivity index (χ4v) is 6.94. The summed E-state index contributed by atoms with van der Waals surface area (Å²) >= 11 is 0. The van der Waals surface area contributed by atoms with Gasteiger partial charge in [0.25, 0.3) is 0 Å². The number of aryl methyl sites for hydroxylation is 1. The minimum absolute atomic E-state index is 0.0770. The molecule has 38 heavy (non-hydrogen) atoms. The van der Waals surface area contributed by atoms with Crippen LogP contribution in [-0.2, 0) is 12.5 Å². The third kappa shape index (κ3) is 8.55. The van der Waals surface area contributed by atoms with Gasteiger partial charge < -0.3 is 4.74 Å². The molecule has 0 aromatic heterocycles. The zero-order valence-corrected chi connectivity index (χ0v) is 23.9. The van der Waals surface area contributed by atoms with E-state index in [4.69, 9.17) is 4.74 Å². The molecule has 2 aromatic carbocycles. The number of halogens is 2. The predicted octanol–water partition coefficient (Wildman–Crippen LogP) is 11.2. The molecular weight excluding hydrogens is 474 g/mol. The van der Waals surface area contributed by atoms with Gasteiger partial charge in [-0.3, -0.25) is 0 Å². The van der Waals surface area contributed by atoms with Crippen LogP contribution in [0.15, 0.2) is 48.5 Å². The van der Waals surface area contributed by atoms with Crippen LogP contribution in [0.5, 0.6) is 5.75 Å². The lowest BCUT2D eigenvalue weighted by Gasteiger charge is -2.29. The van der Waals surface area contributed by atoms with E-state index in [0.29, 0.717) is 5.92 Å². The Kier molecular flexibility index (Phi) is 11.1. The maximum absolute atomic E-state index is 15.0.